The van der Waals surface area contributed by atoms with Crippen LogP contribution in [0.5, 0.6) is 0 Å². The Kier molecular flexibility index (Phi) is 5.70. The van der Waals surface area contributed by atoms with Gasteiger partial charge in [0.1, 0.15) is 0 Å². The van der Waals surface area contributed by atoms with Crippen molar-refractivity contribution in [3.05, 3.63) is 65.7 Å². The van der Waals surface area contributed by atoms with Gasteiger partial charge in [-0.1, -0.05) is 48.0 Å². The number of nitrogens with zero attached hydrogens (tertiary/aromatic N) is 2. The first kappa shape index (κ1) is 18.6. The van der Waals surface area contributed by atoms with Crippen molar-refractivity contribution in [3.63, 3.8) is 0 Å². The largest absolute Gasteiger partial charge is 0.325 e. The van der Waals surface area contributed by atoms with E-state index in [0.29, 0.717) is 31.7 Å². The van der Waals surface area contributed by atoms with E-state index in [1.165, 1.54) is 8.61 Å². The molecule has 1 amide bonds. The number of carbonyl (C=O) groups is 1. The Balaban J connectivity index is 1.66. The maximum Gasteiger partial charge on any atom is 0.282 e. The molecule has 0 aliphatic carbocycles. The molecule has 7 heteroatoms. The van der Waals surface area contributed by atoms with Gasteiger partial charge in [-0.15, -0.1) is 0 Å². The highest BCUT2D eigenvalue weighted by atomic mass is 32.2. The third-order valence-corrected chi connectivity index (χ3v) is 6.25. The van der Waals surface area contributed by atoms with E-state index in [9.17, 15) is 13.2 Å². The summed E-state index contributed by atoms with van der Waals surface area (Å²) in [5.41, 5.74) is 2.73. The Morgan fingerprint density at radius 3 is 2.35 bits per heavy atom. The van der Waals surface area contributed by atoms with Crippen LogP contribution in [0.2, 0.25) is 0 Å². The molecule has 0 bridgehead atoms. The zero-order valence-corrected chi connectivity index (χ0v) is 15.6. The number of nitrogens with one attached hydrogen (secondary N) is 1. The molecule has 0 spiro atoms. The number of hydrogen-bond donors (Lipinski definition) is 1. The van der Waals surface area contributed by atoms with Crippen LogP contribution in [-0.4, -0.2) is 42.6 Å². The number of anilines is 1. The van der Waals surface area contributed by atoms with Crippen molar-refractivity contribution in [2.45, 2.75) is 19.9 Å². The molecule has 0 atom stereocenters. The molecule has 1 N–H and O–H groups in total. The van der Waals surface area contributed by atoms with Crippen molar-refractivity contribution in [2.24, 2.45) is 0 Å². The Labute approximate surface area is 154 Å². The average Bonchev–Trinajstić information content (AvgIpc) is 2.61. The lowest BCUT2D eigenvalue weighted by Crippen LogP contribution is -2.51. The summed E-state index contributed by atoms with van der Waals surface area (Å²) < 4.78 is 28.4. The lowest BCUT2D eigenvalue weighted by atomic mass is 10.1. The predicted octanol–water partition coefficient (Wildman–Crippen LogP) is 2.39. The van der Waals surface area contributed by atoms with Crippen molar-refractivity contribution in [1.82, 2.24) is 8.61 Å². The van der Waals surface area contributed by atoms with Gasteiger partial charge in [0.2, 0.25) is 5.91 Å². The van der Waals surface area contributed by atoms with Crippen LogP contribution in [0.3, 0.4) is 0 Å². The standard InChI is InChI=1S/C19H23N3O3S/c1-16-8-10-17(11-9-16)14-21-12-5-13-22(26(21,24)25)15-19(23)20-18-6-3-2-4-7-18/h2-4,6-11H,5,12-15H2,1H3,(H,20,23). The fourth-order valence-electron chi connectivity index (χ4n) is 2.92. The minimum absolute atomic E-state index is 0.179. The van der Waals surface area contributed by atoms with E-state index in [2.05, 4.69) is 5.32 Å². The van der Waals surface area contributed by atoms with E-state index in [4.69, 9.17) is 0 Å². The summed E-state index contributed by atoms with van der Waals surface area (Å²) in [6.45, 7) is 2.96. The molecule has 0 unspecified atom stereocenters. The van der Waals surface area contributed by atoms with Crippen molar-refractivity contribution in [3.8, 4) is 0 Å². The number of benzene rings is 2. The SMILES string of the molecule is Cc1ccc(CN2CCCN(CC(=O)Nc3ccccc3)S2(=O)=O)cc1. The molecule has 1 heterocycles. The molecule has 0 saturated carbocycles. The van der Waals surface area contributed by atoms with Crippen molar-refractivity contribution >= 4 is 21.8 Å². The molecule has 1 aliphatic heterocycles. The zero-order valence-electron chi connectivity index (χ0n) is 14.8. The maximum absolute atomic E-state index is 12.8. The van der Waals surface area contributed by atoms with Crippen LogP contribution in [0.1, 0.15) is 17.5 Å². The Bertz CT molecular complexity index is 851. The second kappa shape index (κ2) is 7.99. The zero-order chi connectivity index (χ0) is 18.6. The van der Waals surface area contributed by atoms with Gasteiger partial charge in [-0.05, 0) is 31.0 Å². The summed E-state index contributed by atoms with van der Waals surface area (Å²) in [5.74, 6) is -0.336. The first-order valence-corrected chi connectivity index (χ1v) is 10.0. The highest BCUT2D eigenvalue weighted by molar-refractivity contribution is 7.86. The molecular formula is C19H23N3O3S. The van der Waals surface area contributed by atoms with Crippen molar-refractivity contribution < 1.29 is 13.2 Å². The first-order valence-electron chi connectivity index (χ1n) is 8.61. The summed E-state index contributed by atoms with van der Waals surface area (Å²) >= 11 is 0. The molecular weight excluding hydrogens is 350 g/mol. The van der Waals surface area contributed by atoms with Gasteiger partial charge >= 0.3 is 0 Å². The normalized spacial score (nSPS) is 17.7. The average molecular weight is 373 g/mol. The summed E-state index contributed by atoms with van der Waals surface area (Å²) in [4.78, 5) is 12.2. The van der Waals surface area contributed by atoms with Crippen molar-refractivity contribution in [2.75, 3.05) is 25.0 Å². The highest BCUT2D eigenvalue weighted by Gasteiger charge is 2.34. The summed E-state index contributed by atoms with van der Waals surface area (Å²) in [6.07, 6.45) is 0.698. The fraction of sp³-hybridized carbons (Fsp3) is 0.316. The highest BCUT2D eigenvalue weighted by Crippen LogP contribution is 2.19. The number of para-hydroxylation sites is 1. The van der Waals surface area contributed by atoms with E-state index in [0.717, 1.165) is 11.1 Å². The Morgan fingerprint density at radius 2 is 1.65 bits per heavy atom. The number of carbonyl (C=O) groups excluding carboxylic acids is 1. The van der Waals surface area contributed by atoms with Gasteiger partial charge in [0.05, 0.1) is 6.54 Å². The topological polar surface area (TPSA) is 69.7 Å². The predicted molar refractivity (Wildman–Crippen MR) is 102 cm³/mol. The second-order valence-electron chi connectivity index (χ2n) is 6.43. The monoisotopic (exact) mass is 373 g/mol. The number of hydrogen-bond acceptors (Lipinski definition) is 3. The Hall–Kier alpha value is -2.22. The van der Waals surface area contributed by atoms with E-state index in [-0.39, 0.29) is 12.5 Å². The van der Waals surface area contributed by atoms with Gasteiger partial charge in [0.25, 0.3) is 10.2 Å². The van der Waals surface area contributed by atoms with Crippen LogP contribution in [0.15, 0.2) is 54.6 Å². The van der Waals surface area contributed by atoms with Gasteiger partial charge < -0.3 is 5.32 Å². The quantitative estimate of drug-likeness (QED) is 0.875. The molecule has 2 aromatic carbocycles. The fourth-order valence-corrected chi connectivity index (χ4v) is 4.56. The summed E-state index contributed by atoms with van der Waals surface area (Å²) in [7, 11) is -3.65. The van der Waals surface area contributed by atoms with Gasteiger partial charge in [-0.25, -0.2) is 0 Å². The van der Waals surface area contributed by atoms with Crippen LogP contribution in [0.4, 0.5) is 5.69 Å². The molecule has 3 rings (SSSR count). The molecule has 6 nitrogen and oxygen atoms in total. The van der Waals surface area contributed by atoms with Gasteiger partial charge in [0, 0.05) is 25.3 Å². The van der Waals surface area contributed by atoms with Crippen LogP contribution >= 0.6 is 0 Å². The Morgan fingerprint density at radius 1 is 1.00 bits per heavy atom. The number of aryl methyl sites for hydroxylation is 1. The maximum atomic E-state index is 12.8. The summed E-state index contributed by atoms with van der Waals surface area (Å²) in [6, 6.07) is 16.8. The smallest absolute Gasteiger partial charge is 0.282 e. The van der Waals surface area contributed by atoms with Crippen LogP contribution in [0, 0.1) is 6.92 Å². The van der Waals surface area contributed by atoms with E-state index < -0.39 is 10.2 Å². The van der Waals surface area contributed by atoms with Gasteiger partial charge in [0.15, 0.2) is 0 Å². The molecule has 138 valence electrons. The lowest BCUT2D eigenvalue weighted by molar-refractivity contribution is -0.116. The van der Waals surface area contributed by atoms with Crippen molar-refractivity contribution in [1.29, 1.82) is 0 Å². The van der Waals surface area contributed by atoms with Crippen LogP contribution in [-0.2, 0) is 21.5 Å². The molecule has 26 heavy (non-hydrogen) atoms. The van der Waals surface area contributed by atoms with E-state index in [1.54, 1.807) is 12.1 Å². The minimum atomic E-state index is -3.65. The van der Waals surface area contributed by atoms with Gasteiger partial charge in [-0.3, -0.25) is 4.79 Å². The van der Waals surface area contributed by atoms with Crippen LogP contribution in [0.25, 0.3) is 0 Å². The third-order valence-electron chi connectivity index (χ3n) is 4.32. The molecule has 1 aliphatic rings. The van der Waals surface area contributed by atoms with Gasteiger partial charge in [-0.2, -0.15) is 17.0 Å². The molecule has 2 aromatic rings. The first-order chi connectivity index (χ1) is 12.4. The van der Waals surface area contributed by atoms with E-state index >= 15 is 0 Å². The minimum Gasteiger partial charge on any atom is -0.325 e. The molecule has 0 aromatic heterocycles. The number of amides is 1. The third kappa shape index (κ3) is 4.49. The molecule has 0 radical (unpaired) electrons. The number of rotatable bonds is 5. The molecule has 1 fully saturated rings. The van der Waals surface area contributed by atoms with Crippen LogP contribution < -0.4 is 5.32 Å². The molecule has 1 saturated heterocycles. The second-order valence-corrected chi connectivity index (χ2v) is 8.36. The summed E-state index contributed by atoms with van der Waals surface area (Å²) in [5, 5.41) is 2.73. The lowest BCUT2D eigenvalue weighted by Gasteiger charge is -2.34. The van der Waals surface area contributed by atoms with E-state index in [1.807, 2.05) is 49.4 Å².